The monoisotopic (exact) mass is 548 g/mol. The predicted octanol–water partition coefficient (Wildman–Crippen LogP) is 4.99. The number of ether oxygens (including phenoxy) is 1. The van der Waals surface area contributed by atoms with Crippen molar-refractivity contribution in [2.45, 2.75) is 20.3 Å². The minimum atomic E-state index is -3.46. The van der Waals surface area contributed by atoms with Gasteiger partial charge in [-0.25, -0.2) is 4.98 Å². The summed E-state index contributed by atoms with van der Waals surface area (Å²) in [6.07, 6.45) is 3.24. The summed E-state index contributed by atoms with van der Waals surface area (Å²) in [7, 11) is -1.93. The molecule has 0 bridgehead atoms. The van der Waals surface area contributed by atoms with Crippen LogP contribution in [0.5, 0.6) is 11.6 Å². The number of methoxy groups -OCH3 is 1. The van der Waals surface area contributed by atoms with Crippen molar-refractivity contribution < 1.29 is 28.3 Å². The van der Waals surface area contributed by atoms with E-state index in [0.29, 0.717) is 28.9 Å². The van der Waals surface area contributed by atoms with E-state index in [1.165, 1.54) is 13.3 Å². The molecule has 0 atom stereocenters. The van der Waals surface area contributed by atoms with Gasteiger partial charge in [0.1, 0.15) is 17.0 Å². The van der Waals surface area contributed by atoms with Crippen molar-refractivity contribution >= 4 is 24.5 Å². The summed E-state index contributed by atoms with van der Waals surface area (Å²) in [5.41, 5.74) is 2.43. The third-order valence-corrected chi connectivity index (χ3v) is 7.80. The van der Waals surface area contributed by atoms with Gasteiger partial charge in [-0.3, -0.25) is 14.3 Å². The second-order valence-electron chi connectivity index (χ2n) is 8.30. The lowest BCUT2D eigenvalue weighted by Gasteiger charge is -2.18. The lowest BCUT2D eigenvalue weighted by molar-refractivity contribution is 0.102. The molecule has 0 spiro atoms. The molecule has 2 aromatic carbocycles. The van der Waals surface area contributed by atoms with Crippen LogP contribution in [-0.2, 0) is 20.0 Å². The van der Waals surface area contributed by atoms with Gasteiger partial charge in [-0.2, -0.15) is 4.98 Å². The summed E-state index contributed by atoms with van der Waals surface area (Å²) in [5.74, 6) is -0.336. The van der Waals surface area contributed by atoms with Crippen LogP contribution in [0.4, 0.5) is 5.69 Å². The van der Waals surface area contributed by atoms with Crippen LogP contribution in [0.2, 0.25) is 0 Å². The van der Waals surface area contributed by atoms with Crippen LogP contribution in [0.1, 0.15) is 35.3 Å². The topological polar surface area (TPSA) is 133 Å². The second kappa shape index (κ2) is 12.6. The average Bonchev–Trinajstić information content (AvgIpc) is 2.94. The molecular weight excluding hydrogens is 519 g/mol. The molecule has 0 aliphatic rings. The van der Waals surface area contributed by atoms with E-state index in [4.69, 9.17) is 13.8 Å². The molecule has 0 fully saturated rings. The highest BCUT2D eigenvalue weighted by Crippen LogP contribution is 2.47. The fraction of sp³-hybridized carbons (Fsp3) is 0.214. The molecular formula is C28H29N4O6P. The number of amides is 1. The van der Waals surface area contributed by atoms with Crippen LogP contribution >= 0.6 is 7.60 Å². The Morgan fingerprint density at radius 1 is 1.00 bits per heavy atom. The number of nitrogens with zero attached hydrogens (tertiary/aromatic N) is 3. The first-order valence-electron chi connectivity index (χ1n) is 12.3. The molecule has 10 nitrogen and oxygen atoms in total. The van der Waals surface area contributed by atoms with E-state index >= 15 is 0 Å². The maximum Gasteiger partial charge on any atom is 0.361 e. The number of anilines is 1. The van der Waals surface area contributed by atoms with Gasteiger partial charge in [0, 0.05) is 24.1 Å². The number of nitrogens with one attached hydrogen (secondary N) is 1. The molecule has 0 aliphatic heterocycles. The number of carbonyl (C=O) groups is 1. The Hall–Kier alpha value is -4.11. The van der Waals surface area contributed by atoms with Crippen LogP contribution in [0, 0.1) is 0 Å². The van der Waals surface area contributed by atoms with Gasteiger partial charge in [-0.05, 0) is 61.7 Å². The van der Waals surface area contributed by atoms with Crippen LogP contribution in [0.15, 0.2) is 73.1 Å². The lowest BCUT2D eigenvalue weighted by Crippen LogP contribution is -2.15. The van der Waals surface area contributed by atoms with Crippen molar-refractivity contribution in [3.8, 4) is 23.1 Å². The molecule has 0 aliphatic carbocycles. The molecule has 39 heavy (non-hydrogen) atoms. The maximum absolute atomic E-state index is 13.3. The van der Waals surface area contributed by atoms with Crippen molar-refractivity contribution in [2.24, 2.45) is 0 Å². The summed E-state index contributed by atoms with van der Waals surface area (Å²) in [6.45, 7) is 4.01. The first-order valence-corrected chi connectivity index (χ1v) is 13.9. The predicted molar refractivity (Wildman–Crippen MR) is 148 cm³/mol. The van der Waals surface area contributed by atoms with E-state index < -0.39 is 19.4 Å². The Morgan fingerprint density at radius 2 is 1.79 bits per heavy atom. The van der Waals surface area contributed by atoms with E-state index in [2.05, 4.69) is 20.3 Å². The van der Waals surface area contributed by atoms with E-state index in [1.54, 1.807) is 68.6 Å². The number of benzene rings is 2. The third kappa shape index (κ3) is 6.67. The van der Waals surface area contributed by atoms with Crippen molar-refractivity contribution in [2.75, 3.05) is 25.6 Å². The molecule has 2 aromatic heterocycles. The summed E-state index contributed by atoms with van der Waals surface area (Å²) in [5, 5.41) is 13.8. The van der Waals surface area contributed by atoms with E-state index in [9.17, 15) is 14.5 Å². The minimum Gasteiger partial charge on any atom is -0.497 e. The van der Waals surface area contributed by atoms with Crippen molar-refractivity contribution in [1.82, 2.24) is 15.0 Å². The Balaban J connectivity index is 1.61. The zero-order valence-electron chi connectivity index (χ0n) is 21.8. The molecule has 202 valence electrons. The van der Waals surface area contributed by atoms with Gasteiger partial charge in [0.15, 0.2) is 5.82 Å². The van der Waals surface area contributed by atoms with Gasteiger partial charge in [0.05, 0.1) is 25.6 Å². The Morgan fingerprint density at radius 3 is 2.46 bits per heavy atom. The number of pyridine rings is 1. The molecule has 4 rings (SSSR count). The van der Waals surface area contributed by atoms with Gasteiger partial charge in [0.2, 0.25) is 5.88 Å². The zero-order chi connectivity index (χ0) is 27.8. The summed E-state index contributed by atoms with van der Waals surface area (Å²) in [4.78, 5) is 25.5. The summed E-state index contributed by atoms with van der Waals surface area (Å²) < 4.78 is 29.6. The first kappa shape index (κ1) is 27.9. The smallest absolute Gasteiger partial charge is 0.361 e. The van der Waals surface area contributed by atoms with E-state index in [1.807, 2.05) is 12.1 Å². The van der Waals surface area contributed by atoms with Gasteiger partial charge < -0.3 is 24.2 Å². The second-order valence-corrected chi connectivity index (χ2v) is 10.3. The molecule has 2 heterocycles. The van der Waals surface area contributed by atoms with Crippen LogP contribution in [-0.4, -0.2) is 46.3 Å². The SMILES string of the molecule is CCOP(=O)(OCC)c1cccc(Cc2ccc(OC)cc2NC(=O)c2cnc(-c3ccccn3)nc2O)c1. The van der Waals surface area contributed by atoms with Crippen molar-refractivity contribution in [3.63, 3.8) is 0 Å². The number of rotatable bonds is 11. The van der Waals surface area contributed by atoms with Gasteiger partial charge >= 0.3 is 7.60 Å². The number of aromatic nitrogens is 3. The molecule has 0 radical (unpaired) electrons. The van der Waals surface area contributed by atoms with Crippen molar-refractivity contribution in [3.05, 3.63) is 89.7 Å². The molecule has 4 aromatic rings. The highest BCUT2D eigenvalue weighted by Gasteiger charge is 2.27. The Labute approximate surface area is 226 Å². The highest BCUT2D eigenvalue weighted by molar-refractivity contribution is 7.62. The molecule has 1 amide bonds. The van der Waals surface area contributed by atoms with Crippen LogP contribution in [0.25, 0.3) is 11.5 Å². The minimum absolute atomic E-state index is 0.0974. The van der Waals surface area contributed by atoms with Crippen LogP contribution in [0.3, 0.4) is 0 Å². The summed E-state index contributed by atoms with van der Waals surface area (Å²) >= 11 is 0. The Bertz CT molecular complexity index is 1490. The van der Waals surface area contributed by atoms with Gasteiger partial charge in [-0.1, -0.05) is 24.3 Å². The van der Waals surface area contributed by atoms with Gasteiger partial charge in [-0.15, -0.1) is 0 Å². The third-order valence-electron chi connectivity index (χ3n) is 5.69. The normalized spacial score (nSPS) is 11.3. The summed E-state index contributed by atoms with van der Waals surface area (Å²) in [6, 6.07) is 17.7. The highest BCUT2D eigenvalue weighted by atomic mass is 31.2. The largest absolute Gasteiger partial charge is 0.497 e. The fourth-order valence-electron chi connectivity index (χ4n) is 3.88. The first-order chi connectivity index (χ1) is 18.9. The van der Waals surface area contributed by atoms with E-state index in [0.717, 1.165) is 11.1 Å². The van der Waals surface area contributed by atoms with Gasteiger partial charge in [0.25, 0.3) is 5.91 Å². The molecule has 2 N–H and O–H groups in total. The number of hydrogen-bond acceptors (Lipinski definition) is 9. The van der Waals surface area contributed by atoms with E-state index in [-0.39, 0.29) is 24.6 Å². The number of aromatic hydroxyl groups is 1. The molecule has 11 heteroatoms. The lowest BCUT2D eigenvalue weighted by atomic mass is 10.0. The standard InChI is InChI=1S/C28H29N4O6P/c1-4-37-39(35,38-5-2)22-10-8-9-19(16-22)15-20-12-13-21(36-3)17-25(20)31-27(33)23-18-30-26(32-28(23)34)24-11-6-7-14-29-24/h6-14,16-18H,4-5,15H2,1-3H3,(H,31,33)(H,30,32,34). The zero-order valence-corrected chi connectivity index (χ0v) is 22.7. The maximum atomic E-state index is 13.3. The Kier molecular flexibility index (Phi) is 9.03. The quantitative estimate of drug-likeness (QED) is 0.249. The molecule has 0 unspecified atom stereocenters. The number of hydrogen-bond donors (Lipinski definition) is 2. The molecule has 0 saturated carbocycles. The van der Waals surface area contributed by atoms with Crippen molar-refractivity contribution in [1.29, 1.82) is 0 Å². The number of carbonyl (C=O) groups excluding carboxylic acids is 1. The molecule has 0 saturated heterocycles. The van der Waals surface area contributed by atoms with Crippen LogP contribution < -0.4 is 15.4 Å². The average molecular weight is 549 g/mol. The fourth-order valence-corrected chi connectivity index (χ4v) is 5.52.